The number of anilines is 1. The van der Waals surface area contributed by atoms with Gasteiger partial charge in [-0.05, 0) is 48.9 Å². The van der Waals surface area contributed by atoms with Crippen molar-refractivity contribution in [3.05, 3.63) is 100 Å². The lowest BCUT2D eigenvalue weighted by Gasteiger charge is -2.24. The smallest absolute Gasteiger partial charge is 0.296 e. The first-order chi connectivity index (χ1) is 14.7. The van der Waals surface area contributed by atoms with E-state index >= 15 is 0 Å². The van der Waals surface area contributed by atoms with E-state index in [2.05, 4.69) is 4.98 Å². The highest BCUT2D eigenvalue weighted by Gasteiger charge is 2.44. The fourth-order valence-electron chi connectivity index (χ4n) is 3.88. The number of nitrogens with zero attached hydrogens (tertiary/aromatic N) is 2. The van der Waals surface area contributed by atoms with E-state index < -0.39 is 6.04 Å². The molecule has 1 unspecified atom stereocenters. The van der Waals surface area contributed by atoms with Gasteiger partial charge in [0.05, 0.1) is 23.6 Å². The van der Waals surface area contributed by atoms with Crippen LogP contribution in [0.5, 0.6) is 5.75 Å². The second-order valence-electron chi connectivity index (χ2n) is 6.94. The lowest BCUT2D eigenvalue weighted by molar-refractivity contribution is 0.0970. The summed E-state index contributed by atoms with van der Waals surface area (Å²) in [6.45, 7) is 2.47. The fourth-order valence-corrected chi connectivity index (χ4v) is 3.88. The van der Waals surface area contributed by atoms with Gasteiger partial charge in [-0.1, -0.05) is 30.3 Å². The van der Waals surface area contributed by atoms with E-state index in [1.807, 2.05) is 31.2 Å². The van der Waals surface area contributed by atoms with Crippen LogP contribution in [0.3, 0.4) is 0 Å². The molecule has 2 aromatic carbocycles. The Kier molecular flexibility index (Phi) is 4.32. The Morgan fingerprint density at radius 1 is 1.00 bits per heavy atom. The average Bonchev–Trinajstić information content (AvgIpc) is 3.08. The Labute approximate surface area is 172 Å². The third kappa shape index (κ3) is 2.76. The molecule has 1 aliphatic rings. The Hall–Kier alpha value is -3.93. The lowest BCUT2D eigenvalue weighted by Crippen LogP contribution is -2.30. The van der Waals surface area contributed by atoms with E-state index in [0.29, 0.717) is 29.0 Å². The Balaban J connectivity index is 1.76. The number of carbonyl (C=O) groups is 1. The van der Waals surface area contributed by atoms with Crippen molar-refractivity contribution in [1.82, 2.24) is 4.98 Å². The number of rotatable bonds is 4. The van der Waals surface area contributed by atoms with Gasteiger partial charge in [-0.3, -0.25) is 14.5 Å². The van der Waals surface area contributed by atoms with Crippen molar-refractivity contribution >= 4 is 22.7 Å². The van der Waals surface area contributed by atoms with Crippen molar-refractivity contribution in [2.75, 3.05) is 11.5 Å². The van der Waals surface area contributed by atoms with Crippen LogP contribution in [0.15, 0.2) is 82.1 Å². The molecule has 5 rings (SSSR count). The molecular weight excluding hydrogens is 380 g/mol. The van der Waals surface area contributed by atoms with E-state index in [-0.39, 0.29) is 17.1 Å². The largest absolute Gasteiger partial charge is 0.494 e. The summed E-state index contributed by atoms with van der Waals surface area (Å²) in [4.78, 5) is 32.7. The van der Waals surface area contributed by atoms with Gasteiger partial charge < -0.3 is 9.15 Å². The second kappa shape index (κ2) is 7.15. The van der Waals surface area contributed by atoms with Crippen molar-refractivity contribution in [3.8, 4) is 5.75 Å². The molecule has 0 radical (unpaired) electrons. The summed E-state index contributed by atoms with van der Waals surface area (Å²) in [7, 11) is 0. The third-order valence-electron chi connectivity index (χ3n) is 5.18. The normalized spacial score (nSPS) is 15.4. The van der Waals surface area contributed by atoms with Crippen LogP contribution in [-0.4, -0.2) is 17.5 Å². The minimum Gasteiger partial charge on any atom is -0.494 e. The van der Waals surface area contributed by atoms with E-state index in [0.717, 1.165) is 11.3 Å². The molecule has 0 saturated carbocycles. The van der Waals surface area contributed by atoms with Gasteiger partial charge in [0, 0.05) is 6.20 Å². The molecule has 0 saturated heterocycles. The predicted molar refractivity (Wildman–Crippen MR) is 113 cm³/mol. The third-order valence-corrected chi connectivity index (χ3v) is 5.18. The zero-order valence-electron chi connectivity index (χ0n) is 16.2. The average molecular weight is 398 g/mol. The summed E-state index contributed by atoms with van der Waals surface area (Å²) >= 11 is 0. The van der Waals surface area contributed by atoms with E-state index in [9.17, 15) is 9.59 Å². The van der Waals surface area contributed by atoms with Crippen molar-refractivity contribution in [1.29, 1.82) is 0 Å². The number of benzene rings is 2. The highest BCUT2D eigenvalue weighted by Crippen LogP contribution is 2.40. The molecule has 0 bridgehead atoms. The van der Waals surface area contributed by atoms with Crippen molar-refractivity contribution in [2.45, 2.75) is 13.0 Å². The summed E-state index contributed by atoms with van der Waals surface area (Å²) in [6, 6.07) is 19.0. The predicted octanol–water partition coefficient (Wildman–Crippen LogP) is 4.34. The number of ether oxygens (including phenoxy) is 1. The van der Waals surface area contributed by atoms with Crippen molar-refractivity contribution in [2.24, 2.45) is 0 Å². The molecule has 30 heavy (non-hydrogen) atoms. The van der Waals surface area contributed by atoms with E-state index in [1.165, 1.54) is 4.90 Å². The van der Waals surface area contributed by atoms with Gasteiger partial charge in [0.15, 0.2) is 5.43 Å². The van der Waals surface area contributed by atoms with Crippen LogP contribution in [0.25, 0.3) is 11.0 Å². The van der Waals surface area contributed by atoms with Gasteiger partial charge in [0.25, 0.3) is 5.91 Å². The van der Waals surface area contributed by atoms with Gasteiger partial charge in [-0.2, -0.15) is 0 Å². The number of fused-ring (bicyclic) bond motifs is 2. The van der Waals surface area contributed by atoms with Gasteiger partial charge in [0.1, 0.15) is 17.2 Å². The molecule has 148 valence electrons. The summed E-state index contributed by atoms with van der Waals surface area (Å²) < 4.78 is 11.5. The molecule has 3 heterocycles. The first-order valence-corrected chi connectivity index (χ1v) is 9.72. The van der Waals surface area contributed by atoms with Crippen LogP contribution in [-0.2, 0) is 0 Å². The van der Waals surface area contributed by atoms with Gasteiger partial charge in [0.2, 0.25) is 5.76 Å². The van der Waals surface area contributed by atoms with Gasteiger partial charge in [-0.15, -0.1) is 0 Å². The molecule has 0 N–H and O–H groups in total. The summed E-state index contributed by atoms with van der Waals surface area (Å²) in [5.41, 5.74) is 1.28. The second-order valence-corrected chi connectivity index (χ2v) is 6.94. The molecule has 1 atom stereocenters. The molecule has 2 aromatic heterocycles. The van der Waals surface area contributed by atoms with Crippen LogP contribution < -0.4 is 15.1 Å². The zero-order chi connectivity index (χ0) is 20.7. The summed E-state index contributed by atoms with van der Waals surface area (Å²) in [6.07, 6.45) is 1.62. The van der Waals surface area contributed by atoms with Crippen LogP contribution >= 0.6 is 0 Å². The minimum absolute atomic E-state index is 0.0586. The van der Waals surface area contributed by atoms with Crippen molar-refractivity contribution in [3.63, 3.8) is 0 Å². The molecule has 1 amide bonds. The van der Waals surface area contributed by atoms with E-state index in [4.69, 9.17) is 9.15 Å². The standard InChI is InChI=1S/C24H18N2O4/c1-2-29-16-12-10-15(11-13-16)21-20-22(27)17-7-3-4-8-18(17)30-23(20)24(28)26(21)19-9-5-6-14-25-19/h3-14,21H,2H2,1H3. The molecule has 0 fully saturated rings. The highest BCUT2D eigenvalue weighted by molar-refractivity contribution is 6.10. The van der Waals surface area contributed by atoms with Crippen LogP contribution in [0.1, 0.15) is 34.6 Å². The maximum Gasteiger partial charge on any atom is 0.296 e. The molecule has 0 aliphatic carbocycles. The SMILES string of the molecule is CCOc1ccc(C2c3c(oc4ccccc4c3=O)C(=O)N2c2ccccn2)cc1. The van der Waals surface area contributed by atoms with E-state index in [1.54, 1.807) is 48.7 Å². The molecular formula is C24H18N2O4. The maximum absolute atomic E-state index is 13.4. The van der Waals surface area contributed by atoms with Gasteiger partial charge in [-0.25, -0.2) is 4.98 Å². The van der Waals surface area contributed by atoms with Crippen LogP contribution in [0, 0.1) is 0 Å². The minimum atomic E-state index is -0.640. The lowest BCUT2D eigenvalue weighted by atomic mass is 9.98. The molecule has 4 aromatic rings. The quantitative estimate of drug-likeness (QED) is 0.511. The maximum atomic E-state index is 13.4. The first kappa shape index (κ1) is 18.1. The van der Waals surface area contributed by atoms with Crippen molar-refractivity contribution < 1.29 is 13.9 Å². The fraction of sp³-hybridized carbons (Fsp3) is 0.125. The number of amides is 1. The van der Waals surface area contributed by atoms with Crippen LogP contribution in [0.2, 0.25) is 0 Å². The summed E-state index contributed by atoms with van der Waals surface area (Å²) in [5, 5.41) is 0.447. The van der Waals surface area contributed by atoms with Gasteiger partial charge >= 0.3 is 0 Å². The number of hydrogen-bond donors (Lipinski definition) is 0. The number of aromatic nitrogens is 1. The number of pyridine rings is 1. The zero-order valence-corrected chi connectivity index (χ0v) is 16.2. The number of para-hydroxylation sites is 1. The topological polar surface area (TPSA) is 72.6 Å². The monoisotopic (exact) mass is 398 g/mol. The molecule has 6 nitrogen and oxygen atoms in total. The Morgan fingerprint density at radius 3 is 2.50 bits per heavy atom. The summed E-state index contributed by atoms with van der Waals surface area (Å²) in [5.74, 6) is 0.852. The number of hydrogen-bond acceptors (Lipinski definition) is 5. The Bertz CT molecular complexity index is 1300. The molecule has 6 heteroatoms. The highest BCUT2D eigenvalue weighted by atomic mass is 16.5. The van der Waals surface area contributed by atoms with Crippen LogP contribution in [0.4, 0.5) is 5.82 Å². The number of carbonyl (C=O) groups excluding carboxylic acids is 1. The first-order valence-electron chi connectivity index (χ1n) is 9.72. The molecule has 1 aliphatic heterocycles. The molecule has 0 spiro atoms. The Morgan fingerprint density at radius 2 is 1.77 bits per heavy atom.